The van der Waals surface area contributed by atoms with Crippen molar-refractivity contribution in [1.29, 1.82) is 0 Å². The highest BCUT2D eigenvalue weighted by atomic mass is 16.6. The lowest BCUT2D eigenvalue weighted by Crippen LogP contribution is -2.52. The minimum atomic E-state index is -1.42. The maximum absolute atomic E-state index is 12.1. The van der Waals surface area contributed by atoms with E-state index in [4.69, 9.17) is 16.0 Å². The average Bonchev–Trinajstić information content (AvgIpc) is 2.63. The van der Waals surface area contributed by atoms with Crippen molar-refractivity contribution in [1.82, 2.24) is 0 Å². The standard InChI is InChI=1S/C12H17NO4/c1-5-11(9(14)16-7-3)8-17-10(15)12(11,6-2)13-4/h5-8H2,1-3H3. The topological polar surface area (TPSA) is 57.0 Å². The van der Waals surface area contributed by atoms with Crippen LogP contribution in [0.4, 0.5) is 0 Å². The summed E-state index contributed by atoms with van der Waals surface area (Å²) in [6.07, 6.45) is 0.607. The van der Waals surface area contributed by atoms with Crippen molar-refractivity contribution in [3.05, 3.63) is 11.4 Å². The zero-order valence-electron chi connectivity index (χ0n) is 10.4. The first-order valence-corrected chi connectivity index (χ1v) is 5.77. The molecule has 0 aromatic rings. The highest BCUT2D eigenvalue weighted by molar-refractivity contribution is 5.96. The van der Waals surface area contributed by atoms with Gasteiger partial charge in [-0.2, -0.15) is 0 Å². The molecule has 5 nitrogen and oxygen atoms in total. The summed E-state index contributed by atoms with van der Waals surface area (Å²) >= 11 is 0. The quantitative estimate of drug-likeness (QED) is 0.552. The normalized spacial score (nSPS) is 31.8. The summed E-state index contributed by atoms with van der Waals surface area (Å²) in [5.41, 5.74) is -2.58. The zero-order chi connectivity index (χ0) is 13.1. The van der Waals surface area contributed by atoms with Crippen molar-refractivity contribution >= 4 is 11.9 Å². The van der Waals surface area contributed by atoms with E-state index < -0.39 is 22.9 Å². The van der Waals surface area contributed by atoms with Gasteiger partial charge >= 0.3 is 17.5 Å². The van der Waals surface area contributed by atoms with Crippen LogP contribution >= 0.6 is 0 Å². The molecule has 0 spiro atoms. The molecule has 1 aliphatic heterocycles. The molecule has 0 bridgehead atoms. The number of carbonyl (C=O) groups excluding carboxylic acids is 2. The van der Waals surface area contributed by atoms with E-state index in [0.29, 0.717) is 6.42 Å². The molecule has 1 rings (SSSR count). The van der Waals surface area contributed by atoms with Gasteiger partial charge in [-0.3, -0.25) is 9.64 Å². The SMILES string of the molecule is [C-]#[N+]C1(CC)C(=O)OCC1(CC)C(=O)OCC. The van der Waals surface area contributed by atoms with Gasteiger partial charge in [-0.05, 0) is 13.3 Å². The second kappa shape index (κ2) is 4.74. The number of ether oxygens (including phenoxy) is 2. The first-order chi connectivity index (χ1) is 8.04. The fraction of sp³-hybridized carbons (Fsp3) is 0.750. The lowest BCUT2D eigenvalue weighted by molar-refractivity contribution is -0.158. The molecular formula is C12H17NO4. The fourth-order valence-electron chi connectivity index (χ4n) is 2.37. The van der Waals surface area contributed by atoms with Gasteiger partial charge in [0.05, 0.1) is 6.61 Å². The maximum Gasteiger partial charge on any atom is 0.394 e. The van der Waals surface area contributed by atoms with Gasteiger partial charge in [-0.1, -0.05) is 13.8 Å². The summed E-state index contributed by atoms with van der Waals surface area (Å²) in [6.45, 7) is 12.6. The molecule has 1 heterocycles. The maximum atomic E-state index is 12.1. The molecule has 0 aliphatic carbocycles. The third kappa shape index (κ3) is 1.59. The molecule has 0 amide bonds. The molecule has 0 aromatic heterocycles. The largest absolute Gasteiger partial charge is 0.465 e. The third-order valence-electron chi connectivity index (χ3n) is 3.55. The lowest BCUT2D eigenvalue weighted by atomic mass is 9.68. The highest BCUT2D eigenvalue weighted by Crippen LogP contribution is 2.47. The van der Waals surface area contributed by atoms with Crippen LogP contribution in [0.25, 0.3) is 4.85 Å². The van der Waals surface area contributed by atoms with Crippen LogP contribution in [-0.4, -0.2) is 30.7 Å². The van der Waals surface area contributed by atoms with Crippen LogP contribution in [0.5, 0.6) is 0 Å². The molecular weight excluding hydrogens is 222 g/mol. The molecule has 0 saturated carbocycles. The van der Waals surface area contributed by atoms with E-state index in [0.717, 1.165) is 0 Å². The molecule has 1 saturated heterocycles. The van der Waals surface area contributed by atoms with Crippen molar-refractivity contribution < 1.29 is 19.1 Å². The van der Waals surface area contributed by atoms with Gasteiger partial charge in [0.15, 0.2) is 5.41 Å². The Hall–Kier alpha value is -1.57. The second-order valence-corrected chi connectivity index (χ2v) is 4.06. The van der Waals surface area contributed by atoms with Gasteiger partial charge in [0, 0.05) is 6.42 Å². The number of rotatable bonds is 4. The Bertz CT molecular complexity index is 373. The Morgan fingerprint density at radius 1 is 1.47 bits per heavy atom. The monoisotopic (exact) mass is 239 g/mol. The van der Waals surface area contributed by atoms with E-state index in [2.05, 4.69) is 4.85 Å². The minimum absolute atomic E-state index is 0.0581. The van der Waals surface area contributed by atoms with Crippen LogP contribution in [0.1, 0.15) is 33.6 Å². The number of nitrogens with zero attached hydrogens (tertiary/aromatic N) is 1. The lowest BCUT2D eigenvalue weighted by Gasteiger charge is -2.28. The predicted octanol–water partition coefficient (Wildman–Crippen LogP) is 1.57. The van der Waals surface area contributed by atoms with E-state index in [-0.39, 0.29) is 19.6 Å². The molecule has 2 atom stereocenters. The smallest absolute Gasteiger partial charge is 0.394 e. The van der Waals surface area contributed by atoms with Gasteiger partial charge in [0.1, 0.15) is 6.61 Å². The average molecular weight is 239 g/mol. The zero-order valence-corrected chi connectivity index (χ0v) is 10.4. The van der Waals surface area contributed by atoms with Gasteiger partial charge in [-0.25, -0.2) is 11.4 Å². The van der Waals surface area contributed by atoms with Crippen molar-refractivity contribution in [2.75, 3.05) is 13.2 Å². The Morgan fingerprint density at radius 3 is 2.53 bits per heavy atom. The minimum Gasteiger partial charge on any atom is -0.465 e. The van der Waals surface area contributed by atoms with E-state index in [1.54, 1.807) is 20.8 Å². The molecule has 94 valence electrons. The summed E-state index contributed by atoms with van der Waals surface area (Å²) in [5.74, 6) is -1.11. The van der Waals surface area contributed by atoms with Crippen molar-refractivity contribution in [2.45, 2.75) is 39.2 Å². The van der Waals surface area contributed by atoms with E-state index in [1.807, 2.05) is 0 Å². The Balaban J connectivity index is 3.28. The number of esters is 2. The van der Waals surface area contributed by atoms with Crippen molar-refractivity contribution in [3.63, 3.8) is 0 Å². The Morgan fingerprint density at radius 2 is 2.12 bits per heavy atom. The molecule has 17 heavy (non-hydrogen) atoms. The molecule has 1 fully saturated rings. The third-order valence-corrected chi connectivity index (χ3v) is 3.55. The van der Waals surface area contributed by atoms with Gasteiger partial charge in [0.2, 0.25) is 0 Å². The summed E-state index contributed by atoms with van der Waals surface area (Å²) in [6, 6.07) is 0. The van der Waals surface area contributed by atoms with E-state index in [9.17, 15) is 9.59 Å². The van der Waals surface area contributed by atoms with Gasteiger partial charge in [0.25, 0.3) is 0 Å². The summed E-state index contributed by atoms with van der Waals surface area (Å²) in [4.78, 5) is 27.3. The number of hydrogen-bond donors (Lipinski definition) is 0. The van der Waals surface area contributed by atoms with Crippen molar-refractivity contribution in [2.24, 2.45) is 5.41 Å². The first-order valence-electron chi connectivity index (χ1n) is 5.77. The number of hydrogen-bond acceptors (Lipinski definition) is 4. The van der Waals surface area contributed by atoms with Crippen LogP contribution in [0.3, 0.4) is 0 Å². The van der Waals surface area contributed by atoms with Crippen LogP contribution in [0.15, 0.2) is 0 Å². The Labute approximate surface area is 101 Å². The van der Waals surface area contributed by atoms with Crippen LogP contribution in [0, 0.1) is 12.0 Å². The van der Waals surface area contributed by atoms with Gasteiger partial charge in [-0.15, -0.1) is 0 Å². The number of carbonyl (C=O) groups is 2. The predicted molar refractivity (Wildman–Crippen MR) is 59.9 cm³/mol. The summed E-state index contributed by atoms with van der Waals surface area (Å²) in [7, 11) is 0. The highest BCUT2D eigenvalue weighted by Gasteiger charge is 2.72. The van der Waals surface area contributed by atoms with Crippen LogP contribution < -0.4 is 0 Å². The number of cyclic esters (lactones) is 1. The molecule has 5 heteroatoms. The molecule has 0 aromatic carbocycles. The molecule has 2 unspecified atom stereocenters. The molecule has 0 radical (unpaired) electrons. The second-order valence-electron chi connectivity index (χ2n) is 4.06. The molecule has 1 aliphatic rings. The van der Waals surface area contributed by atoms with E-state index >= 15 is 0 Å². The van der Waals surface area contributed by atoms with Crippen LogP contribution in [0.2, 0.25) is 0 Å². The summed E-state index contributed by atoms with van der Waals surface area (Å²) in [5, 5.41) is 0. The van der Waals surface area contributed by atoms with E-state index in [1.165, 1.54) is 0 Å². The first kappa shape index (κ1) is 13.5. The summed E-state index contributed by atoms with van der Waals surface area (Å²) < 4.78 is 9.98. The van der Waals surface area contributed by atoms with Gasteiger partial charge < -0.3 is 9.47 Å². The van der Waals surface area contributed by atoms with Crippen molar-refractivity contribution in [3.8, 4) is 0 Å². The Kier molecular flexibility index (Phi) is 3.76. The fourth-order valence-corrected chi connectivity index (χ4v) is 2.37. The van der Waals surface area contributed by atoms with Crippen LogP contribution in [-0.2, 0) is 19.1 Å². The molecule has 0 N–H and O–H groups in total.